The van der Waals surface area contributed by atoms with Crippen LogP contribution in [0.5, 0.6) is 0 Å². The predicted octanol–water partition coefficient (Wildman–Crippen LogP) is 2.23. The smallest absolute Gasteiger partial charge is 0.407 e. The molecule has 104 valence electrons. The molecule has 1 amide bonds. The van der Waals surface area contributed by atoms with E-state index in [0.717, 1.165) is 29.5 Å². The summed E-state index contributed by atoms with van der Waals surface area (Å²) in [4.78, 5) is 16.3. The molecule has 0 spiro atoms. The van der Waals surface area contributed by atoms with E-state index in [9.17, 15) is 4.79 Å². The SMILES string of the molecule is Nc1cc(NCC2CCN(C(=O)O)CC2)c(Br)cn1. The molecule has 1 aliphatic rings. The van der Waals surface area contributed by atoms with Crippen LogP contribution in [0.15, 0.2) is 16.7 Å². The zero-order chi connectivity index (χ0) is 13.8. The maximum Gasteiger partial charge on any atom is 0.407 e. The van der Waals surface area contributed by atoms with Gasteiger partial charge in [-0.25, -0.2) is 9.78 Å². The van der Waals surface area contributed by atoms with Gasteiger partial charge in [-0.3, -0.25) is 0 Å². The van der Waals surface area contributed by atoms with Gasteiger partial charge in [0.2, 0.25) is 0 Å². The summed E-state index contributed by atoms with van der Waals surface area (Å²) in [5.74, 6) is 0.961. The van der Waals surface area contributed by atoms with Gasteiger partial charge in [-0.2, -0.15) is 0 Å². The van der Waals surface area contributed by atoms with Crippen molar-refractivity contribution < 1.29 is 9.90 Å². The zero-order valence-electron chi connectivity index (χ0n) is 10.5. The Morgan fingerprint density at radius 2 is 2.26 bits per heavy atom. The number of likely N-dealkylation sites (tertiary alicyclic amines) is 1. The molecule has 0 saturated carbocycles. The van der Waals surface area contributed by atoms with Crippen molar-refractivity contribution >= 4 is 33.5 Å². The summed E-state index contributed by atoms with van der Waals surface area (Å²) in [6.45, 7) is 2.04. The van der Waals surface area contributed by atoms with Gasteiger partial charge in [-0.05, 0) is 34.7 Å². The number of rotatable bonds is 3. The highest BCUT2D eigenvalue weighted by molar-refractivity contribution is 9.10. The van der Waals surface area contributed by atoms with Crippen LogP contribution in [0.1, 0.15) is 12.8 Å². The highest BCUT2D eigenvalue weighted by Gasteiger charge is 2.22. The van der Waals surface area contributed by atoms with Crippen LogP contribution in [0.2, 0.25) is 0 Å². The van der Waals surface area contributed by atoms with E-state index in [0.29, 0.717) is 24.8 Å². The van der Waals surface area contributed by atoms with Crippen LogP contribution in [0, 0.1) is 5.92 Å². The molecule has 7 heteroatoms. The van der Waals surface area contributed by atoms with E-state index < -0.39 is 6.09 Å². The first-order valence-corrected chi connectivity index (χ1v) is 6.98. The summed E-state index contributed by atoms with van der Waals surface area (Å²) in [5, 5.41) is 12.2. The van der Waals surface area contributed by atoms with E-state index in [2.05, 4.69) is 26.2 Å². The summed E-state index contributed by atoms with van der Waals surface area (Å²) in [7, 11) is 0. The second-order valence-electron chi connectivity index (χ2n) is 4.68. The third-order valence-electron chi connectivity index (χ3n) is 3.34. The molecule has 0 aliphatic carbocycles. The number of halogens is 1. The number of nitrogen functional groups attached to an aromatic ring is 1. The first-order chi connectivity index (χ1) is 9.06. The minimum Gasteiger partial charge on any atom is -0.465 e. The molecule has 0 atom stereocenters. The summed E-state index contributed by atoms with van der Waals surface area (Å²) in [6.07, 6.45) is 2.62. The van der Waals surface area contributed by atoms with E-state index in [4.69, 9.17) is 10.8 Å². The molecule has 19 heavy (non-hydrogen) atoms. The molecule has 0 aromatic carbocycles. The Morgan fingerprint density at radius 1 is 1.58 bits per heavy atom. The van der Waals surface area contributed by atoms with Gasteiger partial charge in [0.1, 0.15) is 5.82 Å². The summed E-state index contributed by atoms with van der Waals surface area (Å²) in [6, 6.07) is 1.79. The lowest BCUT2D eigenvalue weighted by molar-refractivity contribution is 0.126. The molecule has 1 aromatic rings. The monoisotopic (exact) mass is 328 g/mol. The summed E-state index contributed by atoms with van der Waals surface area (Å²) in [5.41, 5.74) is 6.57. The van der Waals surface area contributed by atoms with E-state index in [1.807, 2.05) is 0 Å². The number of hydrogen-bond donors (Lipinski definition) is 3. The fourth-order valence-electron chi connectivity index (χ4n) is 2.17. The van der Waals surface area contributed by atoms with Gasteiger partial charge in [0.15, 0.2) is 0 Å². The number of nitrogens with zero attached hydrogens (tertiary/aromatic N) is 2. The van der Waals surface area contributed by atoms with Crippen molar-refractivity contribution in [1.29, 1.82) is 0 Å². The fraction of sp³-hybridized carbons (Fsp3) is 0.500. The van der Waals surface area contributed by atoms with Crippen molar-refractivity contribution in [2.45, 2.75) is 12.8 Å². The van der Waals surface area contributed by atoms with Crippen LogP contribution >= 0.6 is 15.9 Å². The number of nitrogens with one attached hydrogen (secondary N) is 1. The first-order valence-electron chi connectivity index (χ1n) is 6.19. The Bertz CT molecular complexity index is 461. The Labute approximate surface area is 120 Å². The Balaban J connectivity index is 1.83. The number of carboxylic acid groups (broad SMARTS) is 1. The number of carbonyl (C=O) groups is 1. The largest absolute Gasteiger partial charge is 0.465 e. The van der Waals surface area contributed by atoms with Crippen molar-refractivity contribution in [2.75, 3.05) is 30.7 Å². The van der Waals surface area contributed by atoms with Crippen LogP contribution in [-0.4, -0.2) is 40.7 Å². The summed E-state index contributed by atoms with van der Waals surface area (Å²) < 4.78 is 0.879. The zero-order valence-corrected chi connectivity index (χ0v) is 12.1. The predicted molar refractivity (Wildman–Crippen MR) is 77.2 cm³/mol. The van der Waals surface area contributed by atoms with Gasteiger partial charge in [0.25, 0.3) is 0 Å². The second-order valence-corrected chi connectivity index (χ2v) is 5.54. The van der Waals surface area contributed by atoms with Crippen molar-refractivity contribution in [2.24, 2.45) is 5.92 Å². The Kier molecular flexibility index (Phi) is 4.47. The summed E-state index contributed by atoms with van der Waals surface area (Å²) >= 11 is 3.42. The number of aromatic nitrogens is 1. The van der Waals surface area contributed by atoms with Crippen molar-refractivity contribution in [1.82, 2.24) is 9.88 Å². The molecule has 6 nitrogen and oxygen atoms in total. The minimum absolute atomic E-state index is 0.478. The second kappa shape index (κ2) is 6.10. The maximum absolute atomic E-state index is 10.8. The van der Waals surface area contributed by atoms with Crippen LogP contribution < -0.4 is 11.1 Å². The third-order valence-corrected chi connectivity index (χ3v) is 3.97. The Morgan fingerprint density at radius 3 is 2.89 bits per heavy atom. The van der Waals surface area contributed by atoms with E-state index in [-0.39, 0.29) is 0 Å². The molecule has 1 saturated heterocycles. The molecule has 0 unspecified atom stereocenters. The van der Waals surface area contributed by atoms with Crippen molar-refractivity contribution in [3.8, 4) is 0 Å². The number of nitrogens with two attached hydrogens (primary N) is 1. The molecule has 1 fully saturated rings. The van der Waals surface area contributed by atoms with E-state index in [1.165, 1.54) is 4.90 Å². The molecule has 1 aliphatic heterocycles. The number of anilines is 2. The standard InChI is InChI=1S/C12H17BrN4O2/c13-9-7-16-11(14)5-10(9)15-6-8-1-3-17(4-2-8)12(18)19/h5,7-8H,1-4,6H2,(H,18,19)(H3,14,15,16). The van der Waals surface area contributed by atoms with Crippen LogP contribution in [0.25, 0.3) is 0 Å². The third kappa shape index (κ3) is 3.73. The Hall–Kier alpha value is -1.50. The molecule has 2 rings (SSSR count). The molecule has 1 aromatic heterocycles. The quantitative estimate of drug-likeness (QED) is 0.791. The average molecular weight is 329 g/mol. The topological polar surface area (TPSA) is 91.5 Å². The van der Waals surface area contributed by atoms with Gasteiger partial charge >= 0.3 is 6.09 Å². The highest BCUT2D eigenvalue weighted by Crippen LogP contribution is 2.24. The van der Waals surface area contributed by atoms with Gasteiger partial charge in [-0.15, -0.1) is 0 Å². The van der Waals surface area contributed by atoms with E-state index in [1.54, 1.807) is 12.3 Å². The minimum atomic E-state index is -0.823. The van der Waals surface area contributed by atoms with E-state index >= 15 is 0 Å². The number of amides is 1. The lowest BCUT2D eigenvalue weighted by atomic mass is 9.97. The van der Waals surface area contributed by atoms with Gasteiger partial charge in [-0.1, -0.05) is 0 Å². The number of piperidine rings is 1. The fourth-order valence-corrected chi connectivity index (χ4v) is 2.53. The van der Waals surface area contributed by atoms with Crippen LogP contribution in [-0.2, 0) is 0 Å². The number of pyridine rings is 1. The van der Waals surface area contributed by atoms with Gasteiger partial charge in [0.05, 0.1) is 10.2 Å². The molecule has 4 N–H and O–H groups in total. The molecule has 0 bridgehead atoms. The molecular weight excluding hydrogens is 312 g/mol. The van der Waals surface area contributed by atoms with Gasteiger partial charge < -0.3 is 21.1 Å². The maximum atomic E-state index is 10.8. The van der Waals surface area contributed by atoms with Gasteiger partial charge in [0, 0.05) is 31.9 Å². The first kappa shape index (κ1) is 13.9. The van der Waals surface area contributed by atoms with Crippen molar-refractivity contribution in [3.63, 3.8) is 0 Å². The highest BCUT2D eigenvalue weighted by atomic mass is 79.9. The normalized spacial score (nSPS) is 16.4. The lowest BCUT2D eigenvalue weighted by Gasteiger charge is -2.30. The number of hydrogen-bond acceptors (Lipinski definition) is 4. The average Bonchev–Trinajstić information content (AvgIpc) is 2.40. The molecule has 2 heterocycles. The lowest BCUT2D eigenvalue weighted by Crippen LogP contribution is -2.39. The van der Waals surface area contributed by atoms with Crippen LogP contribution in [0.3, 0.4) is 0 Å². The molecular formula is C12H17BrN4O2. The molecule has 0 radical (unpaired) electrons. The van der Waals surface area contributed by atoms with Crippen LogP contribution in [0.4, 0.5) is 16.3 Å². The van der Waals surface area contributed by atoms with Crippen molar-refractivity contribution in [3.05, 3.63) is 16.7 Å².